The third-order valence-electron chi connectivity index (χ3n) is 4.91. The Kier molecular flexibility index (Phi) is 2.23. The van der Waals surface area contributed by atoms with Crippen molar-refractivity contribution in [2.75, 3.05) is 0 Å². The summed E-state index contributed by atoms with van der Waals surface area (Å²) in [6.07, 6.45) is 3.78. The summed E-state index contributed by atoms with van der Waals surface area (Å²) in [6.45, 7) is 1.15. The van der Waals surface area contributed by atoms with E-state index in [4.69, 9.17) is 0 Å². The fraction of sp³-hybridized carbons (Fsp3) is 0.200. The lowest BCUT2D eigenvalue weighted by molar-refractivity contribution is 0.657. The molecule has 102 valence electrons. The summed E-state index contributed by atoms with van der Waals surface area (Å²) >= 11 is 0. The average Bonchev–Trinajstić information content (AvgIpc) is 2.71. The molecule has 3 aromatic carbocycles. The van der Waals surface area contributed by atoms with Crippen LogP contribution < -0.4 is 0 Å². The fourth-order valence-electron chi connectivity index (χ4n) is 4.02. The van der Waals surface area contributed by atoms with E-state index >= 15 is 0 Å². The third kappa shape index (κ3) is 1.46. The molecular weight excluding hydrogens is 254 g/mol. The van der Waals surface area contributed by atoms with Crippen molar-refractivity contribution < 1.29 is 0 Å². The van der Waals surface area contributed by atoms with Crippen LogP contribution in [0.5, 0.6) is 0 Å². The Morgan fingerprint density at radius 1 is 0.810 bits per heavy atom. The molecule has 1 aromatic heterocycles. The topological polar surface area (TPSA) is 4.93 Å². The van der Waals surface area contributed by atoms with Gasteiger partial charge in [0.05, 0.1) is 5.52 Å². The summed E-state index contributed by atoms with van der Waals surface area (Å²) in [5.74, 6) is 0. The quantitative estimate of drug-likeness (QED) is 0.410. The molecule has 5 rings (SSSR count). The van der Waals surface area contributed by atoms with Crippen molar-refractivity contribution >= 4 is 32.6 Å². The maximum absolute atomic E-state index is 2.55. The molecule has 0 radical (unpaired) electrons. The third-order valence-corrected chi connectivity index (χ3v) is 4.91. The van der Waals surface area contributed by atoms with Gasteiger partial charge in [0.25, 0.3) is 0 Å². The highest BCUT2D eigenvalue weighted by molar-refractivity contribution is 6.21. The van der Waals surface area contributed by atoms with Crippen molar-refractivity contribution in [3.05, 3.63) is 60.2 Å². The molecule has 1 aliphatic heterocycles. The molecule has 0 spiro atoms. The molecule has 0 amide bonds. The first-order chi connectivity index (χ1) is 10.4. The van der Waals surface area contributed by atoms with E-state index in [0.29, 0.717) is 0 Å². The molecule has 0 atom stereocenters. The minimum Gasteiger partial charge on any atom is -0.340 e. The van der Waals surface area contributed by atoms with Gasteiger partial charge in [-0.05, 0) is 47.7 Å². The van der Waals surface area contributed by atoms with Crippen molar-refractivity contribution in [3.8, 4) is 0 Å². The molecule has 0 bridgehead atoms. The highest BCUT2D eigenvalue weighted by atomic mass is 15.0. The zero-order chi connectivity index (χ0) is 13.8. The number of nitrogens with zero attached hydrogens (tertiary/aromatic N) is 1. The SMILES string of the molecule is c1ccc2c(c1)cc1c3c2c2ccccc2n3CCCC1. The van der Waals surface area contributed by atoms with Gasteiger partial charge in [-0.1, -0.05) is 42.5 Å². The van der Waals surface area contributed by atoms with Gasteiger partial charge in [-0.25, -0.2) is 0 Å². The van der Waals surface area contributed by atoms with Gasteiger partial charge >= 0.3 is 0 Å². The zero-order valence-corrected chi connectivity index (χ0v) is 12.0. The number of hydrogen-bond acceptors (Lipinski definition) is 0. The Morgan fingerprint density at radius 3 is 2.57 bits per heavy atom. The Hall–Kier alpha value is -2.28. The summed E-state index contributed by atoms with van der Waals surface area (Å²) in [5, 5.41) is 5.64. The molecule has 1 nitrogen and oxygen atoms in total. The van der Waals surface area contributed by atoms with Gasteiger partial charge in [0.1, 0.15) is 0 Å². The first-order valence-corrected chi connectivity index (χ1v) is 7.85. The van der Waals surface area contributed by atoms with Crippen LogP contribution in [0.15, 0.2) is 54.6 Å². The van der Waals surface area contributed by atoms with E-state index < -0.39 is 0 Å². The second-order valence-corrected chi connectivity index (χ2v) is 6.11. The Bertz CT molecular complexity index is 991. The van der Waals surface area contributed by atoms with E-state index in [9.17, 15) is 0 Å². The maximum Gasteiger partial charge on any atom is 0.0530 e. The minimum absolute atomic E-state index is 1.15. The van der Waals surface area contributed by atoms with Gasteiger partial charge in [-0.2, -0.15) is 0 Å². The summed E-state index contributed by atoms with van der Waals surface area (Å²) in [5.41, 5.74) is 4.40. The lowest BCUT2D eigenvalue weighted by Crippen LogP contribution is -1.95. The van der Waals surface area contributed by atoms with Crippen LogP contribution in [-0.4, -0.2) is 4.57 Å². The van der Waals surface area contributed by atoms with E-state index in [0.717, 1.165) is 6.54 Å². The van der Waals surface area contributed by atoms with Gasteiger partial charge in [0, 0.05) is 22.8 Å². The molecule has 2 heterocycles. The van der Waals surface area contributed by atoms with Crippen LogP contribution in [0, 0.1) is 0 Å². The molecule has 1 heteroatoms. The van der Waals surface area contributed by atoms with Crippen molar-refractivity contribution in [2.45, 2.75) is 25.8 Å². The predicted molar refractivity (Wildman–Crippen MR) is 89.9 cm³/mol. The van der Waals surface area contributed by atoms with E-state index in [-0.39, 0.29) is 0 Å². The van der Waals surface area contributed by atoms with Crippen LogP contribution >= 0.6 is 0 Å². The number of benzene rings is 3. The summed E-state index contributed by atoms with van der Waals surface area (Å²) < 4.78 is 2.55. The first kappa shape index (κ1) is 11.4. The van der Waals surface area contributed by atoms with Crippen molar-refractivity contribution in [1.82, 2.24) is 4.57 Å². The maximum atomic E-state index is 2.55. The number of aryl methyl sites for hydroxylation is 2. The largest absolute Gasteiger partial charge is 0.340 e. The molecule has 0 unspecified atom stereocenters. The van der Waals surface area contributed by atoms with Crippen LogP contribution in [-0.2, 0) is 13.0 Å². The zero-order valence-electron chi connectivity index (χ0n) is 12.0. The van der Waals surface area contributed by atoms with Gasteiger partial charge in [-0.15, -0.1) is 0 Å². The number of aromatic nitrogens is 1. The van der Waals surface area contributed by atoms with Crippen LogP contribution in [0.3, 0.4) is 0 Å². The minimum atomic E-state index is 1.15. The molecular formula is C20H17N. The van der Waals surface area contributed by atoms with Crippen LogP contribution in [0.25, 0.3) is 32.6 Å². The van der Waals surface area contributed by atoms with Crippen LogP contribution in [0.2, 0.25) is 0 Å². The molecule has 1 aliphatic rings. The summed E-state index contributed by atoms with van der Waals surface area (Å²) in [7, 11) is 0. The van der Waals surface area contributed by atoms with Crippen LogP contribution in [0.1, 0.15) is 18.4 Å². The van der Waals surface area contributed by atoms with Crippen molar-refractivity contribution in [1.29, 1.82) is 0 Å². The van der Waals surface area contributed by atoms with Gasteiger partial charge in [0.15, 0.2) is 0 Å². The molecule has 0 saturated heterocycles. The van der Waals surface area contributed by atoms with Crippen LogP contribution in [0.4, 0.5) is 0 Å². The molecule has 21 heavy (non-hydrogen) atoms. The Balaban J connectivity index is 2.15. The first-order valence-electron chi connectivity index (χ1n) is 7.85. The normalized spacial score (nSPS) is 14.9. The van der Waals surface area contributed by atoms with E-state index in [1.54, 1.807) is 0 Å². The second kappa shape index (κ2) is 4.11. The fourth-order valence-corrected chi connectivity index (χ4v) is 4.02. The van der Waals surface area contributed by atoms with Gasteiger partial charge < -0.3 is 4.57 Å². The number of fused-ring (bicyclic) bond motifs is 5. The molecule has 0 saturated carbocycles. The number of para-hydroxylation sites is 1. The van der Waals surface area contributed by atoms with Crippen molar-refractivity contribution in [3.63, 3.8) is 0 Å². The highest BCUT2D eigenvalue weighted by Gasteiger charge is 2.18. The van der Waals surface area contributed by atoms with Gasteiger partial charge in [0.2, 0.25) is 0 Å². The number of hydrogen-bond donors (Lipinski definition) is 0. The highest BCUT2D eigenvalue weighted by Crippen LogP contribution is 2.38. The van der Waals surface area contributed by atoms with E-state index in [2.05, 4.69) is 59.2 Å². The Morgan fingerprint density at radius 2 is 1.62 bits per heavy atom. The molecule has 0 N–H and O–H groups in total. The monoisotopic (exact) mass is 271 g/mol. The smallest absolute Gasteiger partial charge is 0.0530 e. The standard InChI is InChI=1S/C20H17N/c1-2-9-16-14(7-1)13-15-8-5-6-12-21-18-11-4-3-10-17(18)19(16)20(15)21/h1-4,7,9-11,13H,5-6,8,12H2. The second-order valence-electron chi connectivity index (χ2n) is 6.11. The predicted octanol–water partition coefficient (Wildman–Crippen LogP) is 5.28. The lowest BCUT2D eigenvalue weighted by Gasteiger charge is -2.08. The lowest BCUT2D eigenvalue weighted by atomic mass is 9.98. The Labute approximate surface area is 123 Å². The molecule has 0 fully saturated rings. The number of rotatable bonds is 0. The van der Waals surface area contributed by atoms with Crippen molar-refractivity contribution in [2.24, 2.45) is 0 Å². The average molecular weight is 271 g/mol. The van der Waals surface area contributed by atoms with E-state index in [1.807, 2.05) is 0 Å². The molecule has 0 aliphatic carbocycles. The van der Waals surface area contributed by atoms with Gasteiger partial charge in [-0.3, -0.25) is 0 Å². The molecule has 4 aromatic rings. The van der Waals surface area contributed by atoms with E-state index in [1.165, 1.54) is 57.4 Å². The summed E-state index contributed by atoms with van der Waals surface area (Å²) in [6, 6.07) is 20.1. The summed E-state index contributed by atoms with van der Waals surface area (Å²) in [4.78, 5) is 0.